The van der Waals surface area contributed by atoms with Crippen LogP contribution >= 0.6 is 0 Å². The molecule has 0 radical (unpaired) electrons. The number of rotatable bonds is 5. The SMILES string of the molecule is C#CC(C)(C)NC(=O)C(N)CCC(=O)O. The molecule has 0 saturated carbocycles. The van der Waals surface area contributed by atoms with E-state index in [1.54, 1.807) is 13.8 Å². The first-order valence-corrected chi connectivity index (χ1v) is 4.55. The fourth-order valence-electron chi connectivity index (χ4n) is 0.847. The minimum atomic E-state index is -0.977. The van der Waals surface area contributed by atoms with Crippen LogP contribution in [0.5, 0.6) is 0 Å². The van der Waals surface area contributed by atoms with Crippen molar-refractivity contribution in [1.29, 1.82) is 0 Å². The summed E-state index contributed by atoms with van der Waals surface area (Å²) in [5, 5.41) is 10.9. The van der Waals surface area contributed by atoms with Crippen molar-refractivity contribution < 1.29 is 14.7 Å². The monoisotopic (exact) mass is 212 g/mol. The summed E-state index contributed by atoms with van der Waals surface area (Å²) >= 11 is 0. The van der Waals surface area contributed by atoms with Crippen LogP contribution in [0.4, 0.5) is 0 Å². The first kappa shape index (κ1) is 13.5. The number of carbonyl (C=O) groups is 2. The summed E-state index contributed by atoms with van der Waals surface area (Å²) in [7, 11) is 0. The highest BCUT2D eigenvalue weighted by molar-refractivity contribution is 5.83. The van der Waals surface area contributed by atoms with Crippen molar-refractivity contribution in [3.63, 3.8) is 0 Å². The van der Waals surface area contributed by atoms with Gasteiger partial charge in [-0.05, 0) is 20.3 Å². The van der Waals surface area contributed by atoms with Crippen LogP contribution in [0.3, 0.4) is 0 Å². The van der Waals surface area contributed by atoms with Crippen LogP contribution in [0.15, 0.2) is 0 Å². The molecule has 1 atom stereocenters. The van der Waals surface area contributed by atoms with Gasteiger partial charge in [0.1, 0.15) is 0 Å². The van der Waals surface area contributed by atoms with Gasteiger partial charge < -0.3 is 16.2 Å². The van der Waals surface area contributed by atoms with Crippen LogP contribution in [-0.4, -0.2) is 28.6 Å². The quantitative estimate of drug-likeness (QED) is 0.546. The van der Waals surface area contributed by atoms with E-state index in [1.165, 1.54) is 0 Å². The number of nitrogens with two attached hydrogens (primary N) is 1. The van der Waals surface area contributed by atoms with Gasteiger partial charge in [-0.15, -0.1) is 6.42 Å². The zero-order chi connectivity index (χ0) is 12.1. The molecule has 0 rings (SSSR count). The maximum absolute atomic E-state index is 11.4. The Balaban J connectivity index is 4.12. The molecule has 0 heterocycles. The maximum Gasteiger partial charge on any atom is 0.303 e. The Kier molecular flexibility index (Phi) is 4.82. The second-order valence-corrected chi connectivity index (χ2v) is 3.80. The third kappa shape index (κ3) is 5.70. The number of carboxylic acids is 1. The van der Waals surface area contributed by atoms with Gasteiger partial charge in [0.25, 0.3) is 0 Å². The van der Waals surface area contributed by atoms with E-state index in [2.05, 4.69) is 11.2 Å². The normalized spacial score (nSPS) is 12.7. The predicted octanol–water partition coefficient (Wildman–Crippen LogP) is -0.293. The van der Waals surface area contributed by atoms with Gasteiger partial charge >= 0.3 is 5.97 Å². The van der Waals surface area contributed by atoms with E-state index < -0.39 is 23.5 Å². The average Bonchev–Trinajstić information content (AvgIpc) is 2.13. The maximum atomic E-state index is 11.4. The van der Waals surface area contributed by atoms with Crippen LogP contribution in [0.1, 0.15) is 26.7 Å². The van der Waals surface area contributed by atoms with Crippen molar-refractivity contribution in [1.82, 2.24) is 5.32 Å². The van der Waals surface area contributed by atoms with Crippen molar-refractivity contribution in [3.05, 3.63) is 0 Å². The molecule has 0 aromatic rings. The highest BCUT2D eigenvalue weighted by Gasteiger charge is 2.21. The fraction of sp³-hybridized carbons (Fsp3) is 0.600. The first-order valence-electron chi connectivity index (χ1n) is 4.55. The smallest absolute Gasteiger partial charge is 0.303 e. The third-order valence-corrected chi connectivity index (χ3v) is 1.80. The molecule has 1 amide bonds. The molecule has 5 heteroatoms. The number of amides is 1. The number of carbonyl (C=O) groups excluding carboxylic acids is 1. The molecule has 0 bridgehead atoms. The number of terminal acetylenes is 1. The lowest BCUT2D eigenvalue weighted by Crippen LogP contribution is -2.49. The van der Waals surface area contributed by atoms with E-state index in [0.29, 0.717) is 0 Å². The van der Waals surface area contributed by atoms with Crippen LogP contribution in [0.2, 0.25) is 0 Å². The van der Waals surface area contributed by atoms with E-state index in [-0.39, 0.29) is 12.8 Å². The zero-order valence-corrected chi connectivity index (χ0v) is 8.91. The van der Waals surface area contributed by atoms with Crippen molar-refractivity contribution in [2.24, 2.45) is 5.73 Å². The van der Waals surface area contributed by atoms with Crippen molar-refractivity contribution in [2.75, 3.05) is 0 Å². The van der Waals surface area contributed by atoms with Crippen LogP contribution in [0.25, 0.3) is 0 Å². The lowest BCUT2D eigenvalue weighted by atomic mass is 10.1. The van der Waals surface area contributed by atoms with Crippen LogP contribution in [-0.2, 0) is 9.59 Å². The molecule has 5 nitrogen and oxygen atoms in total. The summed E-state index contributed by atoms with van der Waals surface area (Å²) in [5.74, 6) is 0.979. The molecule has 0 saturated heterocycles. The van der Waals surface area contributed by atoms with Gasteiger partial charge in [-0.1, -0.05) is 5.92 Å². The Labute approximate surface area is 89.0 Å². The summed E-state index contributed by atoms with van der Waals surface area (Å²) in [6, 6.07) is -0.839. The molecule has 0 aliphatic heterocycles. The minimum Gasteiger partial charge on any atom is -0.481 e. The van der Waals surface area contributed by atoms with Gasteiger partial charge in [-0.25, -0.2) is 0 Å². The molecule has 84 valence electrons. The lowest BCUT2D eigenvalue weighted by Gasteiger charge is -2.21. The summed E-state index contributed by atoms with van der Waals surface area (Å²) in [4.78, 5) is 21.7. The van der Waals surface area contributed by atoms with E-state index >= 15 is 0 Å². The fourth-order valence-corrected chi connectivity index (χ4v) is 0.847. The minimum absolute atomic E-state index is 0.0990. The standard InChI is InChI=1S/C10H16N2O3/c1-4-10(2,3)12-9(15)7(11)5-6-8(13)14/h1,7H,5-6,11H2,2-3H3,(H,12,15)(H,13,14). The number of hydrogen-bond donors (Lipinski definition) is 3. The van der Waals surface area contributed by atoms with Crippen LogP contribution in [0, 0.1) is 12.3 Å². The summed E-state index contributed by atoms with van der Waals surface area (Å²) < 4.78 is 0. The summed E-state index contributed by atoms with van der Waals surface area (Å²) in [5.41, 5.74) is 4.72. The molecule has 0 aromatic heterocycles. The molecule has 1 unspecified atom stereocenters. The second kappa shape index (κ2) is 5.37. The van der Waals surface area contributed by atoms with Gasteiger partial charge in [-0.3, -0.25) is 9.59 Å². The van der Waals surface area contributed by atoms with E-state index in [9.17, 15) is 9.59 Å². The van der Waals surface area contributed by atoms with Gasteiger partial charge in [0.15, 0.2) is 0 Å². The molecule has 0 spiro atoms. The second-order valence-electron chi connectivity index (χ2n) is 3.80. The Morgan fingerprint density at radius 1 is 1.60 bits per heavy atom. The molecule has 15 heavy (non-hydrogen) atoms. The van der Waals surface area contributed by atoms with E-state index in [0.717, 1.165) is 0 Å². The van der Waals surface area contributed by atoms with Gasteiger partial charge in [0, 0.05) is 6.42 Å². The van der Waals surface area contributed by atoms with Gasteiger partial charge in [0.05, 0.1) is 11.6 Å². The van der Waals surface area contributed by atoms with Gasteiger partial charge in [0.2, 0.25) is 5.91 Å². The van der Waals surface area contributed by atoms with Crippen LogP contribution < -0.4 is 11.1 Å². The summed E-state index contributed by atoms with van der Waals surface area (Å²) in [6.45, 7) is 3.32. The molecular formula is C10H16N2O3. The molecule has 4 N–H and O–H groups in total. The summed E-state index contributed by atoms with van der Waals surface area (Å²) in [6.07, 6.45) is 5.14. The third-order valence-electron chi connectivity index (χ3n) is 1.80. The van der Waals surface area contributed by atoms with E-state index in [1.807, 2.05) is 0 Å². The Hall–Kier alpha value is -1.54. The molecule has 0 fully saturated rings. The van der Waals surface area contributed by atoms with Gasteiger partial charge in [-0.2, -0.15) is 0 Å². The molecular weight excluding hydrogens is 196 g/mol. The predicted molar refractivity (Wildman–Crippen MR) is 55.9 cm³/mol. The highest BCUT2D eigenvalue weighted by Crippen LogP contribution is 2.01. The Bertz CT molecular complexity index is 292. The zero-order valence-electron chi connectivity index (χ0n) is 8.91. The Morgan fingerprint density at radius 2 is 2.13 bits per heavy atom. The first-order chi connectivity index (χ1) is 6.78. The molecule has 0 aliphatic carbocycles. The van der Waals surface area contributed by atoms with Crippen molar-refractivity contribution in [3.8, 4) is 12.3 Å². The number of aliphatic carboxylic acids is 1. The molecule has 0 aromatic carbocycles. The number of hydrogen-bond acceptors (Lipinski definition) is 3. The Morgan fingerprint density at radius 3 is 2.53 bits per heavy atom. The number of nitrogens with one attached hydrogen (secondary N) is 1. The topological polar surface area (TPSA) is 92.4 Å². The average molecular weight is 212 g/mol. The lowest BCUT2D eigenvalue weighted by molar-refractivity contribution is -0.137. The van der Waals surface area contributed by atoms with Crippen molar-refractivity contribution in [2.45, 2.75) is 38.3 Å². The van der Waals surface area contributed by atoms with E-state index in [4.69, 9.17) is 17.3 Å². The number of carboxylic acid groups (broad SMARTS) is 1. The van der Waals surface area contributed by atoms with Crippen molar-refractivity contribution >= 4 is 11.9 Å². The highest BCUT2D eigenvalue weighted by atomic mass is 16.4. The molecule has 0 aliphatic rings. The largest absolute Gasteiger partial charge is 0.481 e.